The van der Waals surface area contributed by atoms with E-state index in [0.717, 1.165) is 42.5 Å². The summed E-state index contributed by atoms with van der Waals surface area (Å²) in [5.74, 6) is -0.161. The molecule has 1 aliphatic carbocycles. The van der Waals surface area contributed by atoms with Crippen molar-refractivity contribution in [1.82, 2.24) is 24.8 Å². The minimum absolute atomic E-state index is 0.0461. The Morgan fingerprint density at radius 2 is 2.09 bits per heavy atom. The number of likely N-dealkylation sites (tertiary alicyclic amines) is 1. The molecule has 0 radical (unpaired) electrons. The van der Waals surface area contributed by atoms with Gasteiger partial charge in [-0.1, -0.05) is 18.6 Å². The SMILES string of the molecule is Cc1cnc2c(C(=O)N3CC4(CCC4)CC3CNC(=O)c3cccc4c3COC4)cnn2c1. The highest BCUT2D eigenvalue weighted by Gasteiger charge is 2.49. The molecule has 6 rings (SSSR count). The molecule has 8 heteroatoms. The smallest absolute Gasteiger partial charge is 0.259 e. The first-order chi connectivity index (χ1) is 16.0. The molecule has 1 saturated carbocycles. The molecule has 2 aromatic heterocycles. The fourth-order valence-corrected chi connectivity index (χ4v) is 5.62. The summed E-state index contributed by atoms with van der Waals surface area (Å²) in [5, 5.41) is 7.45. The van der Waals surface area contributed by atoms with Crippen molar-refractivity contribution in [3.63, 3.8) is 0 Å². The number of fused-ring (bicyclic) bond motifs is 2. The Labute approximate surface area is 191 Å². The van der Waals surface area contributed by atoms with Gasteiger partial charge < -0.3 is 15.0 Å². The van der Waals surface area contributed by atoms with Crippen molar-refractivity contribution in [2.75, 3.05) is 13.1 Å². The highest BCUT2D eigenvalue weighted by molar-refractivity contribution is 6.00. The van der Waals surface area contributed by atoms with Gasteiger partial charge in [0.1, 0.15) is 5.56 Å². The average Bonchev–Trinajstić information content (AvgIpc) is 3.52. The number of carbonyl (C=O) groups excluding carboxylic acids is 2. The Kier molecular flexibility index (Phi) is 4.72. The zero-order valence-corrected chi connectivity index (χ0v) is 18.7. The van der Waals surface area contributed by atoms with Crippen molar-refractivity contribution >= 4 is 17.5 Å². The Balaban J connectivity index is 1.23. The van der Waals surface area contributed by atoms with Crippen molar-refractivity contribution in [2.24, 2.45) is 5.41 Å². The summed E-state index contributed by atoms with van der Waals surface area (Å²) < 4.78 is 7.18. The van der Waals surface area contributed by atoms with Crippen LogP contribution in [0.2, 0.25) is 0 Å². The van der Waals surface area contributed by atoms with E-state index < -0.39 is 0 Å². The molecule has 3 aromatic rings. The summed E-state index contributed by atoms with van der Waals surface area (Å²) in [6.07, 6.45) is 9.63. The molecule has 0 bridgehead atoms. The van der Waals surface area contributed by atoms with Gasteiger partial charge in [-0.3, -0.25) is 9.59 Å². The first-order valence-electron chi connectivity index (χ1n) is 11.6. The molecule has 33 heavy (non-hydrogen) atoms. The van der Waals surface area contributed by atoms with Gasteiger partial charge in [-0.2, -0.15) is 5.10 Å². The number of nitrogens with zero attached hydrogens (tertiary/aromatic N) is 4. The topological polar surface area (TPSA) is 88.8 Å². The monoisotopic (exact) mass is 445 g/mol. The van der Waals surface area contributed by atoms with E-state index >= 15 is 0 Å². The first-order valence-corrected chi connectivity index (χ1v) is 11.6. The lowest BCUT2D eigenvalue weighted by atomic mass is 9.67. The number of aryl methyl sites for hydroxylation is 1. The zero-order chi connectivity index (χ0) is 22.6. The summed E-state index contributed by atoms with van der Waals surface area (Å²) in [4.78, 5) is 33.0. The van der Waals surface area contributed by atoms with Crippen LogP contribution in [0, 0.1) is 12.3 Å². The van der Waals surface area contributed by atoms with Crippen LogP contribution in [-0.4, -0.2) is 50.4 Å². The van der Waals surface area contributed by atoms with Crippen LogP contribution in [0.15, 0.2) is 36.8 Å². The maximum Gasteiger partial charge on any atom is 0.259 e. The van der Waals surface area contributed by atoms with Gasteiger partial charge in [0.2, 0.25) is 0 Å². The highest BCUT2D eigenvalue weighted by Crippen LogP contribution is 2.50. The second-order valence-corrected chi connectivity index (χ2v) is 9.75. The number of aromatic nitrogens is 3. The number of amides is 2. The van der Waals surface area contributed by atoms with Crippen molar-refractivity contribution in [1.29, 1.82) is 0 Å². The normalized spacial score (nSPS) is 20.8. The van der Waals surface area contributed by atoms with E-state index in [2.05, 4.69) is 15.4 Å². The molecule has 8 nitrogen and oxygen atoms in total. The van der Waals surface area contributed by atoms with E-state index in [4.69, 9.17) is 4.74 Å². The van der Waals surface area contributed by atoms with Gasteiger partial charge in [-0.15, -0.1) is 0 Å². The number of carbonyl (C=O) groups is 2. The molecule has 1 saturated heterocycles. The van der Waals surface area contributed by atoms with Crippen LogP contribution >= 0.6 is 0 Å². The molecule has 170 valence electrons. The van der Waals surface area contributed by atoms with Crippen molar-refractivity contribution in [3.8, 4) is 0 Å². The molecule has 1 spiro atoms. The number of rotatable bonds is 4. The zero-order valence-electron chi connectivity index (χ0n) is 18.7. The van der Waals surface area contributed by atoms with Crippen molar-refractivity contribution in [2.45, 2.75) is 51.9 Å². The lowest BCUT2D eigenvalue weighted by Crippen LogP contribution is -2.43. The second-order valence-electron chi connectivity index (χ2n) is 9.75. The van der Waals surface area contributed by atoms with Crippen LogP contribution in [0.25, 0.3) is 5.65 Å². The minimum Gasteiger partial charge on any atom is -0.372 e. The quantitative estimate of drug-likeness (QED) is 0.667. The summed E-state index contributed by atoms with van der Waals surface area (Å²) in [7, 11) is 0. The Morgan fingerprint density at radius 1 is 1.21 bits per heavy atom. The molecular formula is C25H27N5O3. The van der Waals surface area contributed by atoms with E-state index in [1.54, 1.807) is 16.9 Å². The van der Waals surface area contributed by atoms with Crippen LogP contribution in [0.5, 0.6) is 0 Å². The van der Waals surface area contributed by atoms with Gasteiger partial charge in [0.25, 0.3) is 11.8 Å². The van der Waals surface area contributed by atoms with Crippen molar-refractivity contribution < 1.29 is 14.3 Å². The molecule has 3 aliphatic rings. The minimum atomic E-state index is -0.104. The van der Waals surface area contributed by atoms with Gasteiger partial charge >= 0.3 is 0 Å². The van der Waals surface area contributed by atoms with Crippen LogP contribution in [0.4, 0.5) is 0 Å². The maximum atomic E-state index is 13.6. The summed E-state index contributed by atoms with van der Waals surface area (Å²) in [6.45, 7) is 4.13. The predicted octanol–water partition coefficient (Wildman–Crippen LogP) is 2.88. The van der Waals surface area contributed by atoms with Crippen LogP contribution in [0.1, 0.15) is 63.1 Å². The summed E-state index contributed by atoms with van der Waals surface area (Å²) in [6, 6.07) is 5.70. The Bertz CT molecular complexity index is 1260. The largest absolute Gasteiger partial charge is 0.372 e. The van der Waals surface area contributed by atoms with Crippen LogP contribution < -0.4 is 5.32 Å². The van der Waals surface area contributed by atoms with Gasteiger partial charge in [0.15, 0.2) is 5.65 Å². The third-order valence-electron chi connectivity index (χ3n) is 7.53. The van der Waals surface area contributed by atoms with E-state index in [1.807, 2.05) is 36.2 Å². The van der Waals surface area contributed by atoms with Gasteiger partial charge in [0.05, 0.1) is 19.4 Å². The first kappa shape index (κ1) is 20.4. The lowest BCUT2D eigenvalue weighted by molar-refractivity contribution is 0.0687. The summed E-state index contributed by atoms with van der Waals surface area (Å²) in [5.41, 5.74) is 4.96. The van der Waals surface area contributed by atoms with Crippen LogP contribution in [-0.2, 0) is 18.0 Å². The molecule has 2 amide bonds. The highest BCUT2D eigenvalue weighted by atomic mass is 16.5. The molecule has 1 N–H and O–H groups in total. The molecule has 1 unspecified atom stereocenters. The molecule has 1 atom stereocenters. The molecule has 1 aromatic carbocycles. The van der Waals surface area contributed by atoms with E-state index in [0.29, 0.717) is 36.5 Å². The van der Waals surface area contributed by atoms with Gasteiger partial charge in [-0.25, -0.2) is 9.50 Å². The third-order valence-corrected chi connectivity index (χ3v) is 7.53. The number of nitrogens with one attached hydrogen (secondary N) is 1. The predicted molar refractivity (Wildman–Crippen MR) is 121 cm³/mol. The summed E-state index contributed by atoms with van der Waals surface area (Å²) >= 11 is 0. The van der Waals surface area contributed by atoms with Gasteiger partial charge in [0, 0.05) is 37.1 Å². The molecule has 2 aliphatic heterocycles. The Morgan fingerprint density at radius 3 is 2.91 bits per heavy atom. The van der Waals surface area contributed by atoms with E-state index in [9.17, 15) is 9.59 Å². The van der Waals surface area contributed by atoms with E-state index in [-0.39, 0.29) is 23.3 Å². The molecular weight excluding hydrogens is 418 g/mol. The Hall–Kier alpha value is -3.26. The van der Waals surface area contributed by atoms with Gasteiger partial charge in [-0.05, 0) is 54.4 Å². The number of hydrogen-bond donors (Lipinski definition) is 1. The maximum absolute atomic E-state index is 13.6. The number of benzene rings is 1. The number of hydrogen-bond acceptors (Lipinski definition) is 5. The fourth-order valence-electron chi connectivity index (χ4n) is 5.62. The third kappa shape index (κ3) is 3.40. The standard InChI is InChI=1S/C25H27N5O3/c1-16-9-26-22-20(11-28-30(22)12-16)24(32)29-15-25(6-3-7-25)8-18(29)10-27-23(31)19-5-2-4-17-13-33-14-21(17)19/h2,4-5,9,11-12,18H,3,6-8,10,13-15H2,1H3,(H,27,31). The fraction of sp³-hybridized carbons (Fsp3) is 0.440. The number of ether oxygens (including phenoxy) is 1. The molecule has 4 heterocycles. The lowest BCUT2D eigenvalue weighted by Gasteiger charge is -2.37. The average molecular weight is 446 g/mol. The van der Waals surface area contributed by atoms with Crippen LogP contribution in [0.3, 0.4) is 0 Å². The second kappa shape index (κ2) is 7.66. The van der Waals surface area contributed by atoms with E-state index in [1.165, 1.54) is 6.42 Å². The molecule has 2 fully saturated rings. The van der Waals surface area contributed by atoms with Crippen molar-refractivity contribution in [3.05, 3.63) is 64.6 Å².